The maximum atomic E-state index is 12.8. The molecule has 0 saturated carbocycles. The highest BCUT2D eigenvalue weighted by Crippen LogP contribution is 2.32. The summed E-state index contributed by atoms with van der Waals surface area (Å²) < 4.78 is 1.87. The number of anilines is 2. The van der Waals surface area contributed by atoms with E-state index in [1.165, 1.54) is 6.92 Å². The van der Waals surface area contributed by atoms with Crippen LogP contribution in [0, 0.1) is 6.92 Å². The van der Waals surface area contributed by atoms with Crippen LogP contribution in [0.2, 0.25) is 0 Å². The fraction of sp³-hybridized carbons (Fsp3) is 0.115. The number of nitrogens with one attached hydrogen (secondary N) is 2. The summed E-state index contributed by atoms with van der Waals surface area (Å²) in [5.41, 5.74) is 7.33. The molecule has 6 nitrogen and oxygen atoms in total. The first-order valence-electron chi connectivity index (χ1n) is 10.2. The highest BCUT2D eigenvalue weighted by molar-refractivity contribution is 6.05. The minimum atomic E-state index is -0.178. The van der Waals surface area contributed by atoms with E-state index in [1.54, 1.807) is 18.3 Å². The number of pyridine rings is 1. The maximum Gasteiger partial charge on any atom is 0.255 e. The Bertz CT molecular complexity index is 1350. The van der Waals surface area contributed by atoms with Crippen molar-refractivity contribution in [2.45, 2.75) is 20.8 Å². The topological polar surface area (TPSA) is 75.5 Å². The molecule has 2 amide bonds. The molecule has 0 unspecified atom stereocenters. The van der Waals surface area contributed by atoms with Gasteiger partial charge in [0.05, 0.1) is 5.69 Å². The molecule has 0 radical (unpaired) electrons. The summed E-state index contributed by atoms with van der Waals surface area (Å²) in [4.78, 5) is 28.8. The summed E-state index contributed by atoms with van der Waals surface area (Å²) in [5.74, 6) is -0.343. The fourth-order valence-corrected chi connectivity index (χ4v) is 3.65. The molecule has 2 aromatic carbocycles. The maximum absolute atomic E-state index is 12.8. The molecule has 4 rings (SSSR count). The van der Waals surface area contributed by atoms with Gasteiger partial charge in [-0.3, -0.25) is 9.59 Å². The number of rotatable bonds is 5. The molecule has 2 N–H and O–H groups in total. The van der Waals surface area contributed by atoms with Crippen LogP contribution in [-0.4, -0.2) is 21.2 Å². The van der Waals surface area contributed by atoms with Crippen LogP contribution in [0.15, 0.2) is 73.7 Å². The highest BCUT2D eigenvalue weighted by atomic mass is 16.2. The molecule has 0 aliphatic rings. The van der Waals surface area contributed by atoms with Gasteiger partial charge in [0.2, 0.25) is 5.91 Å². The number of carbonyl (C=O) groups excluding carboxylic acids is 2. The minimum Gasteiger partial charge on any atom is -0.323 e. The van der Waals surface area contributed by atoms with Crippen molar-refractivity contribution in [3.05, 3.63) is 90.4 Å². The second kappa shape index (κ2) is 8.51. The number of aromatic nitrogens is 2. The Morgan fingerprint density at radius 3 is 2.38 bits per heavy atom. The number of hydrogen-bond acceptors (Lipinski definition) is 3. The average molecular weight is 425 g/mol. The first kappa shape index (κ1) is 21.1. The lowest BCUT2D eigenvalue weighted by atomic mass is 9.99. The largest absolute Gasteiger partial charge is 0.323 e. The quantitative estimate of drug-likeness (QED) is 0.441. The van der Waals surface area contributed by atoms with Gasteiger partial charge in [-0.2, -0.15) is 0 Å². The number of nitrogens with zero attached hydrogens (tertiary/aromatic N) is 2. The lowest BCUT2D eigenvalue weighted by Gasteiger charge is -2.15. The van der Waals surface area contributed by atoms with Crippen molar-refractivity contribution in [3.8, 4) is 11.1 Å². The van der Waals surface area contributed by atoms with Gasteiger partial charge in [-0.1, -0.05) is 36.4 Å². The van der Waals surface area contributed by atoms with Crippen LogP contribution >= 0.6 is 0 Å². The molecule has 0 bridgehead atoms. The van der Waals surface area contributed by atoms with Crippen LogP contribution in [0.5, 0.6) is 0 Å². The number of hydrogen-bond donors (Lipinski definition) is 2. The normalized spacial score (nSPS) is 10.7. The number of amides is 2. The first-order valence-corrected chi connectivity index (χ1v) is 10.2. The highest BCUT2D eigenvalue weighted by Gasteiger charge is 2.14. The number of allylic oxidation sites excluding steroid dienone is 1. The van der Waals surface area contributed by atoms with E-state index in [9.17, 15) is 9.59 Å². The van der Waals surface area contributed by atoms with Crippen LogP contribution in [0.25, 0.3) is 22.3 Å². The van der Waals surface area contributed by atoms with Crippen LogP contribution in [0.3, 0.4) is 0 Å². The number of benzene rings is 2. The van der Waals surface area contributed by atoms with Crippen LogP contribution < -0.4 is 10.6 Å². The van der Waals surface area contributed by atoms with Crippen LogP contribution in [0.4, 0.5) is 11.4 Å². The minimum absolute atomic E-state index is 0.164. The van der Waals surface area contributed by atoms with Crippen molar-refractivity contribution in [1.29, 1.82) is 0 Å². The summed E-state index contributed by atoms with van der Waals surface area (Å²) in [6.45, 7) is 9.29. The average Bonchev–Trinajstić information content (AvgIpc) is 3.24. The van der Waals surface area contributed by atoms with E-state index < -0.39 is 0 Å². The molecule has 0 aliphatic heterocycles. The van der Waals surface area contributed by atoms with Gasteiger partial charge in [-0.25, -0.2) is 4.98 Å². The third-order valence-corrected chi connectivity index (χ3v) is 5.33. The molecule has 6 heteroatoms. The molecule has 0 saturated heterocycles. The molecular formula is C26H24N4O2. The van der Waals surface area contributed by atoms with Gasteiger partial charge in [0.25, 0.3) is 5.91 Å². The standard InChI is InChI=1S/C26H24N4O2/c1-16(2)19-8-10-20(11-9-19)26(32)29-23-7-5-6-22(17(23)3)21-14-24(28-18(4)31)25-27-12-13-30(25)15-21/h5-15H,1H2,2-4H3,(H,28,31)(H,29,32). The molecule has 0 fully saturated rings. The predicted molar refractivity (Wildman–Crippen MR) is 129 cm³/mol. The molecule has 2 heterocycles. The van der Waals surface area contributed by atoms with Gasteiger partial charge in [0.1, 0.15) is 0 Å². The number of fused-ring (bicyclic) bond motifs is 1. The molecule has 4 aromatic rings. The van der Waals surface area contributed by atoms with Gasteiger partial charge < -0.3 is 15.0 Å². The molecular weight excluding hydrogens is 400 g/mol. The Hall–Kier alpha value is -4.19. The van der Waals surface area contributed by atoms with Crippen LogP contribution in [0.1, 0.15) is 35.3 Å². The monoisotopic (exact) mass is 424 g/mol. The van der Waals surface area contributed by atoms with Crippen molar-refractivity contribution >= 4 is 34.4 Å². The predicted octanol–water partition coefficient (Wildman–Crippen LogP) is 5.55. The van der Waals surface area contributed by atoms with E-state index in [1.807, 2.05) is 67.0 Å². The third kappa shape index (κ3) is 4.16. The second-order valence-corrected chi connectivity index (χ2v) is 7.77. The zero-order valence-electron chi connectivity index (χ0n) is 18.3. The molecule has 0 spiro atoms. The zero-order chi connectivity index (χ0) is 22.8. The van der Waals surface area contributed by atoms with E-state index in [0.29, 0.717) is 16.9 Å². The van der Waals surface area contributed by atoms with Crippen molar-refractivity contribution in [3.63, 3.8) is 0 Å². The lowest BCUT2D eigenvalue weighted by molar-refractivity contribution is -0.114. The molecule has 160 valence electrons. The zero-order valence-corrected chi connectivity index (χ0v) is 18.3. The van der Waals surface area contributed by atoms with E-state index in [2.05, 4.69) is 22.2 Å². The number of imidazole rings is 1. The van der Waals surface area contributed by atoms with E-state index in [0.717, 1.165) is 33.5 Å². The van der Waals surface area contributed by atoms with E-state index in [-0.39, 0.29) is 11.8 Å². The Morgan fingerprint density at radius 1 is 0.969 bits per heavy atom. The van der Waals surface area contributed by atoms with Crippen molar-refractivity contribution in [2.24, 2.45) is 0 Å². The Morgan fingerprint density at radius 2 is 1.69 bits per heavy atom. The van der Waals surface area contributed by atoms with Gasteiger partial charge in [-0.15, -0.1) is 0 Å². The summed E-state index contributed by atoms with van der Waals surface area (Å²) in [5, 5.41) is 5.86. The van der Waals surface area contributed by atoms with Crippen molar-refractivity contribution in [1.82, 2.24) is 9.38 Å². The van der Waals surface area contributed by atoms with Crippen molar-refractivity contribution < 1.29 is 9.59 Å². The lowest BCUT2D eigenvalue weighted by Crippen LogP contribution is -2.13. The van der Waals surface area contributed by atoms with Gasteiger partial charge in [-0.05, 0) is 54.8 Å². The Kier molecular flexibility index (Phi) is 5.60. The molecule has 2 aromatic heterocycles. The molecule has 32 heavy (non-hydrogen) atoms. The second-order valence-electron chi connectivity index (χ2n) is 7.77. The summed E-state index contributed by atoms with van der Waals surface area (Å²) in [7, 11) is 0. The van der Waals surface area contributed by atoms with E-state index >= 15 is 0 Å². The third-order valence-electron chi connectivity index (χ3n) is 5.33. The van der Waals surface area contributed by atoms with Gasteiger partial charge >= 0.3 is 0 Å². The Balaban J connectivity index is 1.67. The SMILES string of the molecule is C=C(C)c1ccc(C(=O)Nc2cccc(-c3cc(NC(C)=O)c4nccn4c3)c2C)cc1. The van der Waals surface area contributed by atoms with E-state index in [4.69, 9.17) is 0 Å². The number of carbonyl (C=O) groups is 2. The van der Waals surface area contributed by atoms with Crippen LogP contribution in [-0.2, 0) is 4.79 Å². The van der Waals surface area contributed by atoms with Crippen molar-refractivity contribution in [2.75, 3.05) is 10.6 Å². The molecule has 0 aliphatic carbocycles. The Labute approximate surface area is 186 Å². The smallest absolute Gasteiger partial charge is 0.255 e. The van der Waals surface area contributed by atoms with Gasteiger partial charge in [0.15, 0.2) is 5.65 Å². The fourth-order valence-electron chi connectivity index (χ4n) is 3.65. The summed E-state index contributed by atoms with van der Waals surface area (Å²) >= 11 is 0. The molecule has 0 atom stereocenters. The summed E-state index contributed by atoms with van der Waals surface area (Å²) in [6, 6.07) is 15.0. The van der Waals surface area contributed by atoms with Gasteiger partial charge in [0, 0.05) is 42.3 Å². The first-order chi connectivity index (χ1) is 15.3. The summed E-state index contributed by atoms with van der Waals surface area (Å²) in [6.07, 6.45) is 5.48.